The van der Waals surface area contributed by atoms with Crippen molar-refractivity contribution in [1.82, 2.24) is 0 Å². The van der Waals surface area contributed by atoms with Crippen molar-refractivity contribution in [2.45, 2.75) is 57.5 Å². The van der Waals surface area contributed by atoms with Gasteiger partial charge in [-0.1, -0.05) is 38.7 Å². The zero-order valence-corrected chi connectivity index (χ0v) is 13.1. The lowest BCUT2D eigenvalue weighted by molar-refractivity contribution is 0.596. The third-order valence-electron chi connectivity index (χ3n) is 2.72. The van der Waals surface area contributed by atoms with Crippen LogP contribution in [-0.2, 0) is 4.12 Å². The molecule has 84 valence electrons. The summed E-state index contributed by atoms with van der Waals surface area (Å²) in [6, 6.07) is 2.72. The molecule has 0 aliphatic rings. The highest BCUT2D eigenvalue weighted by Gasteiger charge is 2.04. The molecule has 0 saturated carbocycles. The van der Waals surface area contributed by atoms with Crippen molar-refractivity contribution in [3.8, 4) is 0 Å². The van der Waals surface area contributed by atoms with E-state index < -0.39 is 9.04 Å². The van der Waals surface area contributed by atoms with Gasteiger partial charge in [0.05, 0.1) is 0 Å². The first kappa shape index (κ1) is 14.1. The molecule has 1 unspecified atom stereocenters. The molecule has 3 heteroatoms. The Labute approximate surface area is 94.2 Å². The van der Waals surface area contributed by atoms with Gasteiger partial charge in [0.25, 0.3) is 0 Å². The van der Waals surface area contributed by atoms with Crippen molar-refractivity contribution in [3.63, 3.8) is 0 Å². The quantitative estimate of drug-likeness (QED) is 0.318. The summed E-state index contributed by atoms with van der Waals surface area (Å²) in [6.45, 7) is 6.01. The number of unbranched alkanes of at least 4 members (excludes halogenated alkanes) is 5. The first-order valence-corrected chi connectivity index (χ1v) is 8.90. The molecule has 0 radical (unpaired) electrons. The third kappa shape index (κ3) is 8.72. The van der Waals surface area contributed by atoms with Crippen LogP contribution in [0.1, 0.15) is 45.4 Å². The Morgan fingerprint density at radius 1 is 1.21 bits per heavy atom. The molecule has 0 bridgehead atoms. The van der Waals surface area contributed by atoms with Gasteiger partial charge in [-0.05, 0) is 24.9 Å². The van der Waals surface area contributed by atoms with Gasteiger partial charge in [-0.3, -0.25) is 0 Å². The highest BCUT2D eigenvalue weighted by molar-refractivity contribution is 6.55. The van der Waals surface area contributed by atoms with Gasteiger partial charge in [-0.25, -0.2) is 0 Å². The summed E-state index contributed by atoms with van der Waals surface area (Å²) in [7, 11) is 0.242. The molecule has 1 atom stereocenters. The van der Waals surface area contributed by atoms with E-state index >= 15 is 0 Å². The van der Waals surface area contributed by atoms with Crippen LogP contribution in [0.4, 0.5) is 0 Å². The molecule has 0 amide bonds. The van der Waals surface area contributed by atoms with Crippen LogP contribution in [0.15, 0.2) is 12.7 Å². The van der Waals surface area contributed by atoms with E-state index in [4.69, 9.17) is 4.12 Å². The monoisotopic (exact) mass is 230 g/mol. The summed E-state index contributed by atoms with van der Waals surface area (Å²) < 4.78 is 5.61. The molecule has 0 aliphatic heterocycles. The Hall–Kier alpha value is 0.134. The second kappa shape index (κ2) is 11.2. The Morgan fingerprint density at radius 3 is 2.43 bits per heavy atom. The van der Waals surface area contributed by atoms with Crippen LogP contribution in [0.2, 0.25) is 12.1 Å². The van der Waals surface area contributed by atoms with Crippen molar-refractivity contribution >= 4 is 19.5 Å². The molecule has 0 saturated heterocycles. The molecule has 0 aliphatic carbocycles. The predicted molar refractivity (Wildman–Crippen MR) is 71.4 cm³/mol. The molecule has 14 heavy (non-hydrogen) atoms. The largest absolute Gasteiger partial charge is 0.466 e. The molecule has 0 aromatic rings. The minimum atomic E-state index is -0.711. The summed E-state index contributed by atoms with van der Waals surface area (Å²) in [5, 5.41) is 0. The minimum Gasteiger partial charge on any atom is -0.466 e. The first-order valence-electron chi connectivity index (χ1n) is 5.98. The zero-order chi connectivity index (χ0) is 10.6. The van der Waals surface area contributed by atoms with Crippen LogP contribution < -0.4 is 0 Å². The van der Waals surface area contributed by atoms with Gasteiger partial charge in [-0.15, -0.1) is 6.58 Å². The predicted octanol–water partition coefficient (Wildman–Crippen LogP) is 2.55. The van der Waals surface area contributed by atoms with Crippen molar-refractivity contribution in [3.05, 3.63) is 12.7 Å². The Morgan fingerprint density at radius 2 is 1.86 bits per heavy atom. The summed E-state index contributed by atoms with van der Waals surface area (Å²) in [5.74, 6) is 0. The summed E-state index contributed by atoms with van der Waals surface area (Å²) in [6.07, 6.45) is 10.1. The topological polar surface area (TPSA) is 9.23 Å². The van der Waals surface area contributed by atoms with Crippen molar-refractivity contribution in [2.75, 3.05) is 0 Å². The summed E-state index contributed by atoms with van der Waals surface area (Å²) in [4.78, 5) is 0. The molecule has 0 N–H and O–H groups in total. The number of allylic oxidation sites excluding steroid dienone is 1. The Kier molecular flexibility index (Phi) is 11.3. The van der Waals surface area contributed by atoms with Gasteiger partial charge in [0.15, 0.2) is 9.04 Å². The maximum absolute atomic E-state index is 5.61. The van der Waals surface area contributed by atoms with E-state index in [1.165, 1.54) is 50.6 Å². The molecular formula is C11H26OSi2. The van der Waals surface area contributed by atoms with Crippen LogP contribution in [0.25, 0.3) is 0 Å². The van der Waals surface area contributed by atoms with E-state index in [1.54, 1.807) is 0 Å². The maximum Gasteiger partial charge on any atom is 0.162 e. The second-order valence-electron chi connectivity index (χ2n) is 3.90. The molecule has 0 aromatic heterocycles. The van der Waals surface area contributed by atoms with Crippen molar-refractivity contribution in [2.24, 2.45) is 0 Å². The van der Waals surface area contributed by atoms with E-state index in [0.717, 1.165) is 10.5 Å². The van der Waals surface area contributed by atoms with E-state index in [-0.39, 0.29) is 0 Å². The summed E-state index contributed by atoms with van der Waals surface area (Å²) in [5.41, 5.74) is 0. The fourth-order valence-electron chi connectivity index (χ4n) is 1.68. The maximum atomic E-state index is 5.61. The van der Waals surface area contributed by atoms with E-state index in [0.29, 0.717) is 0 Å². The van der Waals surface area contributed by atoms with Gasteiger partial charge >= 0.3 is 0 Å². The van der Waals surface area contributed by atoms with Crippen LogP contribution in [0.5, 0.6) is 0 Å². The first-order chi connectivity index (χ1) is 6.85. The Bertz CT molecular complexity index is 124. The minimum absolute atomic E-state index is 0.711. The van der Waals surface area contributed by atoms with Crippen LogP contribution in [0, 0.1) is 0 Å². The van der Waals surface area contributed by atoms with E-state index in [1.807, 2.05) is 6.08 Å². The summed E-state index contributed by atoms with van der Waals surface area (Å²) >= 11 is 0. The lowest BCUT2D eigenvalue weighted by Crippen LogP contribution is -2.14. The van der Waals surface area contributed by atoms with Crippen molar-refractivity contribution in [1.29, 1.82) is 0 Å². The molecule has 0 aromatic carbocycles. The van der Waals surface area contributed by atoms with Crippen molar-refractivity contribution < 1.29 is 4.12 Å². The third-order valence-corrected chi connectivity index (χ3v) is 7.35. The molecule has 1 nitrogen and oxygen atoms in total. The average Bonchev–Trinajstić information content (AvgIpc) is 2.22. The lowest BCUT2D eigenvalue weighted by Gasteiger charge is -2.10. The molecule has 0 heterocycles. The highest BCUT2D eigenvalue weighted by atomic mass is 28.3. The van der Waals surface area contributed by atoms with Gasteiger partial charge in [-0.2, -0.15) is 0 Å². The normalized spacial score (nSPS) is 12.9. The number of hydrogen-bond acceptors (Lipinski definition) is 1. The van der Waals surface area contributed by atoms with Gasteiger partial charge in [0.2, 0.25) is 0 Å². The van der Waals surface area contributed by atoms with E-state index in [9.17, 15) is 0 Å². The number of rotatable bonds is 10. The van der Waals surface area contributed by atoms with Gasteiger partial charge < -0.3 is 4.12 Å². The smallest absolute Gasteiger partial charge is 0.162 e. The van der Waals surface area contributed by atoms with Gasteiger partial charge in [0.1, 0.15) is 10.5 Å². The fraction of sp³-hybridized carbons (Fsp3) is 0.818. The highest BCUT2D eigenvalue weighted by Crippen LogP contribution is 2.10. The lowest BCUT2D eigenvalue weighted by atomic mass is 10.1. The van der Waals surface area contributed by atoms with Gasteiger partial charge in [0, 0.05) is 0 Å². The number of hydrogen-bond donors (Lipinski definition) is 0. The molecule has 0 spiro atoms. The van der Waals surface area contributed by atoms with Crippen LogP contribution in [0.3, 0.4) is 0 Å². The van der Waals surface area contributed by atoms with Crippen LogP contribution in [-0.4, -0.2) is 19.5 Å². The second-order valence-corrected chi connectivity index (χ2v) is 8.42. The molecule has 0 rings (SSSR count). The standard InChI is InChI=1S/C11H26OSi2/c1-3-5-6-7-8-9-10-11-14(4-2)12-13/h3,14H,1,4-11H2,2,13H3. The van der Waals surface area contributed by atoms with Crippen LogP contribution >= 0.6 is 0 Å². The fourth-order valence-corrected chi connectivity index (χ4v) is 5.11. The average molecular weight is 230 g/mol. The zero-order valence-electron chi connectivity index (χ0n) is 9.93. The molecule has 0 fully saturated rings. The molecular weight excluding hydrogens is 204 g/mol. The SMILES string of the molecule is C=CCCCCCCC[SiH](CC)O[SiH3]. The Balaban J connectivity index is 3.08. The van der Waals surface area contributed by atoms with E-state index in [2.05, 4.69) is 13.5 Å².